The maximum Gasteiger partial charge on any atom is 0.345 e. The van der Waals surface area contributed by atoms with Gasteiger partial charge in [-0.15, -0.1) is 11.6 Å². The fourth-order valence-electron chi connectivity index (χ4n) is 7.66. The third-order valence-corrected chi connectivity index (χ3v) is 10.0. The lowest BCUT2D eigenvalue weighted by atomic mass is 9.43. The topological polar surface area (TPSA) is 125 Å². The Labute approximate surface area is 231 Å². The van der Waals surface area contributed by atoms with Crippen LogP contribution < -0.4 is 10.4 Å². The number of aromatic nitrogens is 1. The molecule has 2 aliphatic carbocycles. The van der Waals surface area contributed by atoms with Crippen molar-refractivity contribution in [1.82, 2.24) is 4.98 Å². The number of aliphatic hydroxyl groups is 1. The number of hydrogen-bond donors (Lipinski definition) is 1. The molecule has 0 amide bonds. The number of carbonyl (C=O) groups is 2. The van der Waals surface area contributed by atoms with Crippen LogP contribution in [0.25, 0.3) is 11.3 Å². The quantitative estimate of drug-likeness (QED) is 0.427. The average Bonchev–Trinajstić information content (AvgIpc) is 2.86. The zero-order valence-electron chi connectivity index (χ0n) is 22.7. The number of rotatable bonds is 4. The maximum absolute atomic E-state index is 13.3. The van der Waals surface area contributed by atoms with Gasteiger partial charge < -0.3 is 23.7 Å². The first kappa shape index (κ1) is 27.6. The molecule has 9 nitrogen and oxygen atoms in total. The van der Waals surface area contributed by atoms with E-state index in [4.69, 9.17) is 30.2 Å². The number of aliphatic hydroxyl groups excluding tert-OH is 1. The van der Waals surface area contributed by atoms with Gasteiger partial charge in [0, 0.05) is 49.2 Å². The van der Waals surface area contributed by atoms with E-state index >= 15 is 0 Å². The lowest BCUT2D eigenvalue weighted by molar-refractivity contribution is -0.237. The van der Waals surface area contributed by atoms with Crippen molar-refractivity contribution >= 4 is 23.5 Å². The largest absolute Gasteiger partial charge is 0.485 e. The van der Waals surface area contributed by atoms with Gasteiger partial charge in [0.25, 0.3) is 0 Å². The fourth-order valence-corrected chi connectivity index (χ4v) is 8.02. The van der Waals surface area contributed by atoms with Crippen LogP contribution in [0.5, 0.6) is 5.75 Å². The Bertz CT molecular complexity index is 1350. The van der Waals surface area contributed by atoms with E-state index in [1.165, 1.54) is 13.8 Å². The molecule has 3 aliphatic rings. The number of alkyl halides is 1. The van der Waals surface area contributed by atoms with Gasteiger partial charge in [-0.1, -0.05) is 13.8 Å². The Morgan fingerprint density at radius 2 is 1.97 bits per heavy atom. The first-order valence-corrected chi connectivity index (χ1v) is 13.6. The molecule has 2 aromatic rings. The number of carbonyl (C=O) groups excluding carboxylic acids is 2. The number of halogens is 1. The summed E-state index contributed by atoms with van der Waals surface area (Å²) in [5, 5.41) is 11.3. The summed E-state index contributed by atoms with van der Waals surface area (Å²) in [4.78, 5) is 41.2. The summed E-state index contributed by atoms with van der Waals surface area (Å²) in [6.07, 6.45) is 2.98. The molecule has 210 valence electrons. The summed E-state index contributed by atoms with van der Waals surface area (Å²) in [7, 11) is 0. The summed E-state index contributed by atoms with van der Waals surface area (Å²) in [5.41, 5.74) is -2.46. The van der Waals surface area contributed by atoms with Crippen LogP contribution in [0.3, 0.4) is 0 Å². The zero-order valence-corrected chi connectivity index (χ0v) is 23.5. The van der Waals surface area contributed by atoms with Crippen LogP contribution in [0.1, 0.15) is 65.5 Å². The molecule has 1 aliphatic heterocycles. The highest BCUT2D eigenvalue weighted by Crippen LogP contribution is 2.67. The van der Waals surface area contributed by atoms with Gasteiger partial charge in [0.05, 0.1) is 11.5 Å². The van der Waals surface area contributed by atoms with Crippen LogP contribution in [-0.2, 0) is 19.1 Å². The van der Waals surface area contributed by atoms with E-state index in [0.717, 1.165) is 0 Å². The minimum absolute atomic E-state index is 0.0255. The summed E-state index contributed by atoms with van der Waals surface area (Å²) < 4.78 is 23.5. The lowest BCUT2D eigenvalue weighted by Gasteiger charge is -2.66. The van der Waals surface area contributed by atoms with E-state index < -0.39 is 57.5 Å². The highest BCUT2D eigenvalue weighted by molar-refractivity contribution is 6.21. The first-order valence-electron chi connectivity index (χ1n) is 13.2. The summed E-state index contributed by atoms with van der Waals surface area (Å²) in [6.45, 7) is 8.60. The van der Waals surface area contributed by atoms with Crippen molar-refractivity contribution in [2.45, 2.75) is 77.1 Å². The predicted molar refractivity (Wildman–Crippen MR) is 141 cm³/mol. The van der Waals surface area contributed by atoms with Crippen molar-refractivity contribution in [2.75, 3.05) is 6.61 Å². The second kappa shape index (κ2) is 9.63. The molecule has 5 rings (SSSR count). The van der Waals surface area contributed by atoms with Gasteiger partial charge >= 0.3 is 17.6 Å². The Kier molecular flexibility index (Phi) is 6.82. The molecule has 0 radical (unpaired) electrons. The SMILES string of the molecule is CC(=O)OCC1(C)C2C[C@@H](Cl)[C@@]3(C)Oc4cc(-c5cccnc5)oc(=O)c4[C@H](O)C3[C@@]2(C)CC[C@@H]1OC(C)=O. The molecule has 2 aromatic heterocycles. The number of nitrogens with zero attached hydrogens (tertiary/aromatic N) is 1. The van der Waals surface area contributed by atoms with E-state index in [0.29, 0.717) is 24.8 Å². The molecule has 8 atom stereocenters. The molecule has 0 spiro atoms. The third-order valence-electron chi connectivity index (χ3n) is 9.40. The zero-order chi connectivity index (χ0) is 28.3. The minimum atomic E-state index is -1.23. The van der Waals surface area contributed by atoms with E-state index in [1.54, 1.807) is 30.6 Å². The smallest absolute Gasteiger partial charge is 0.345 e. The van der Waals surface area contributed by atoms with Crippen LogP contribution >= 0.6 is 11.6 Å². The molecule has 2 fully saturated rings. The Balaban J connectivity index is 1.61. The molecule has 39 heavy (non-hydrogen) atoms. The Hall–Kier alpha value is -2.91. The van der Waals surface area contributed by atoms with Gasteiger partial charge in [-0.05, 0) is 49.7 Å². The van der Waals surface area contributed by atoms with Gasteiger partial charge in [-0.25, -0.2) is 4.79 Å². The van der Waals surface area contributed by atoms with E-state index in [-0.39, 0.29) is 29.6 Å². The average molecular weight is 560 g/mol. The van der Waals surface area contributed by atoms with Crippen LogP contribution in [-0.4, -0.2) is 45.7 Å². The number of pyridine rings is 1. The standard InChI is InChI=1S/C29H34ClNO8/c1-15(32)36-14-28(4)20-12-21(30)29(5)25(27(20,3)9-8-22(28)37-16(2)33)24(34)23-19(39-29)11-18(38-26(23)35)17-7-6-10-31-13-17/h6-7,10-11,13,20-22,24-25,34H,8-9,12,14H2,1-5H3/t20?,21-,22+,24+,25?,27+,28?,29-/m1/s1. The molecule has 0 bridgehead atoms. The second-order valence-electron chi connectivity index (χ2n) is 11.8. The second-order valence-corrected chi connectivity index (χ2v) is 12.3. The molecule has 2 saturated carbocycles. The van der Waals surface area contributed by atoms with Gasteiger partial charge in [0.2, 0.25) is 0 Å². The molecule has 3 unspecified atom stereocenters. The van der Waals surface area contributed by atoms with Crippen LogP contribution in [0.4, 0.5) is 0 Å². The van der Waals surface area contributed by atoms with Crippen molar-refractivity contribution in [2.24, 2.45) is 22.7 Å². The predicted octanol–water partition coefficient (Wildman–Crippen LogP) is 4.43. The van der Waals surface area contributed by atoms with Crippen LogP contribution in [0.2, 0.25) is 0 Å². The summed E-state index contributed by atoms with van der Waals surface area (Å²) in [5.74, 6) is -1.17. The van der Waals surface area contributed by atoms with Crippen molar-refractivity contribution < 1.29 is 33.3 Å². The van der Waals surface area contributed by atoms with Crippen LogP contribution in [0, 0.1) is 22.7 Å². The highest BCUT2D eigenvalue weighted by Gasteiger charge is 2.69. The third kappa shape index (κ3) is 4.34. The van der Waals surface area contributed by atoms with Crippen LogP contribution in [0.15, 0.2) is 39.8 Å². The Morgan fingerprint density at radius 1 is 1.23 bits per heavy atom. The molecule has 0 aromatic carbocycles. The van der Waals surface area contributed by atoms with E-state index in [9.17, 15) is 19.5 Å². The van der Waals surface area contributed by atoms with Gasteiger partial charge in [0.15, 0.2) is 0 Å². The molecular formula is C29H34ClNO8. The molecule has 1 N–H and O–H groups in total. The molecular weight excluding hydrogens is 526 g/mol. The normalized spacial score (nSPS) is 36.9. The van der Waals surface area contributed by atoms with E-state index in [1.807, 2.05) is 13.8 Å². The number of esters is 2. The van der Waals surface area contributed by atoms with Crippen molar-refractivity contribution in [3.8, 4) is 17.1 Å². The highest BCUT2D eigenvalue weighted by atomic mass is 35.5. The summed E-state index contributed by atoms with van der Waals surface area (Å²) in [6, 6.07) is 5.11. The Morgan fingerprint density at radius 3 is 2.62 bits per heavy atom. The molecule has 3 heterocycles. The molecule has 10 heteroatoms. The number of fused-ring (bicyclic) bond motifs is 4. The maximum atomic E-state index is 13.3. The van der Waals surface area contributed by atoms with Gasteiger partial charge in [-0.3, -0.25) is 14.6 Å². The number of hydrogen-bond acceptors (Lipinski definition) is 9. The van der Waals surface area contributed by atoms with Crippen molar-refractivity contribution in [1.29, 1.82) is 0 Å². The summed E-state index contributed by atoms with van der Waals surface area (Å²) >= 11 is 7.12. The molecule has 0 saturated heterocycles. The lowest BCUT2D eigenvalue weighted by Crippen LogP contribution is -2.70. The van der Waals surface area contributed by atoms with Crippen molar-refractivity contribution in [3.63, 3.8) is 0 Å². The monoisotopic (exact) mass is 559 g/mol. The minimum Gasteiger partial charge on any atom is -0.485 e. The first-order chi connectivity index (χ1) is 18.3. The fraction of sp³-hybridized carbons (Fsp3) is 0.586. The van der Waals surface area contributed by atoms with Gasteiger partial charge in [-0.2, -0.15) is 0 Å². The number of ether oxygens (including phenoxy) is 3. The van der Waals surface area contributed by atoms with Gasteiger partial charge in [0.1, 0.15) is 35.4 Å². The van der Waals surface area contributed by atoms with Crippen molar-refractivity contribution in [3.05, 3.63) is 46.6 Å². The van der Waals surface area contributed by atoms with E-state index in [2.05, 4.69) is 11.9 Å².